The Morgan fingerprint density at radius 3 is 2.95 bits per heavy atom. The Morgan fingerprint density at radius 1 is 1.38 bits per heavy atom. The fraction of sp³-hybridized carbons (Fsp3) is 0.200. The molecule has 1 aromatic heterocycles. The van der Waals surface area contributed by atoms with Crippen molar-refractivity contribution in [2.45, 2.75) is 13.3 Å². The summed E-state index contributed by atoms with van der Waals surface area (Å²) in [4.78, 5) is 16.1. The van der Waals surface area contributed by atoms with Crippen molar-refractivity contribution in [3.8, 4) is 11.8 Å². The molecule has 1 amide bonds. The Hall–Kier alpha value is -2.78. The lowest BCUT2D eigenvalue weighted by Crippen LogP contribution is -2.15. The minimum absolute atomic E-state index is 0.0184. The normalized spacial score (nSPS) is 9.62. The molecule has 2 aromatic rings. The number of nitrogens with one attached hydrogen (secondary N) is 1. The van der Waals surface area contributed by atoms with Gasteiger partial charge in [0.2, 0.25) is 5.95 Å². The second-order valence-electron chi connectivity index (χ2n) is 4.23. The maximum Gasteiger partial charge on any atom is 0.258 e. The molecule has 0 aliphatic carbocycles. The number of carbonyl (C=O) groups is 1. The van der Waals surface area contributed by atoms with Gasteiger partial charge in [-0.25, -0.2) is 4.98 Å². The quantitative estimate of drug-likeness (QED) is 0.825. The highest BCUT2D eigenvalue weighted by Gasteiger charge is 2.11. The number of anilines is 1. The van der Waals surface area contributed by atoms with Gasteiger partial charge in [-0.3, -0.25) is 10.1 Å². The number of aliphatic hydroxyl groups is 1. The number of hydrogen-bond donors (Lipinski definition) is 2. The summed E-state index contributed by atoms with van der Waals surface area (Å²) in [5.74, 6) is 5.56. The third kappa shape index (κ3) is 4.09. The van der Waals surface area contributed by atoms with E-state index in [1.807, 2.05) is 19.1 Å². The zero-order valence-electron chi connectivity index (χ0n) is 11.5. The van der Waals surface area contributed by atoms with Gasteiger partial charge in [0.25, 0.3) is 5.91 Å². The van der Waals surface area contributed by atoms with Crippen LogP contribution >= 0.6 is 0 Å². The molecule has 21 heavy (non-hydrogen) atoms. The van der Waals surface area contributed by atoms with Crippen LogP contribution in [0.5, 0.6) is 0 Å². The summed E-state index contributed by atoms with van der Waals surface area (Å²) in [5.41, 5.74) is 2.04. The number of carbonyl (C=O) groups excluding carboxylic acids is 1. The number of amides is 1. The van der Waals surface area contributed by atoms with E-state index in [1.54, 1.807) is 6.07 Å². The van der Waals surface area contributed by atoms with Gasteiger partial charge < -0.3 is 5.11 Å². The van der Waals surface area contributed by atoms with Crippen molar-refractivity contribution in [2.24, 2.45) is 0 Å². The largest absolute Gasteiger partial charge is 0.395 e. The zero-order chi connectivity index (χ0) is 15.1. The number of aromatic nitrogens is 3. The molecule has 0 bridgehead atoms. The number of rotatable bonds is 3. The van der Waals surface area contributed by atoms with Crippen molar-refractivity contribution in [3.05, 3.63) is 47.3 Å². The van der Waals surface area contributed by atoms with Crippen molar-refractivity contribution in [3.63, 3.8) is 0 Å². The van der Waals surface area contributed by atoms with E-state index < -0.39 is 0 Å². The third-order valence-corrected chi connectivity index (χ3v) is 2.66. The predicted octanol–water partition coefficient (Wildman–Crippen LogP) is 1.17. The molecule has 6 heteroatoms. The van der Waals surface area contributed by atoms with Crippen LogP contribution in [0.4, 0.5) is 5.95 Å². The van der Waals surface area contributed by atoms with E-state index in [0.29, 0.717) is 17.5 Å². The molecule has 0 fully saturated rings. The fourth-order valence-corrected chi connectivity index (χ4v) is 1.64. The lowest BCUT2D eigenvalue weighted by Gasteiger charge is -2.06. The summed E-state index contributed by atoms with van der Waals surface area (Å²) in [7, 11) is 0. The number of hydrogen-bond acceptors (Lipinski definition) is 5. The first-order valence-electron chi connectivity index (χ1n) is 6.36. The van der Waals surface area contributed by atoms with Crippen LogP contribution < -0.4 is 5.32 Å². The molecule has 0 radical (unpaired) electrons. The van der Waals surface area contributed by atoms with Crippen LogP contribution in [0.1, 0.15) is 27.9 Å². The summed E-state index contributed by atoms with van der Waals surface area (Å²) >= 11 is 0. The average Bonchev–Trinajstić information content (AvgIpc) is 2.50. The molecule has 0 unspecified atom stereocenters. The maximum atomic E-state index is 12.2. The molecular formula is C15H14N4O2. The molecule has 0 aliphatic heterocycles. The Morgan fingerprint density at radius 2 is 2.24 bits per heavy atom. The summed E-state index contributed by atoms with van der Waals surface area (Å²) < 4.78 is 0. The van der Waals surface area contributed by atoms with Gasteiger partial charge in [-0.15, -0.1) is 5.10 Å². The van der Waals surface area contributed by atoms with Gasteiger partial charge >= 0.3 is 0 Å². The van der Waals surface area contributed by atoms with Crippen molar-refractivity contribution in [2.75, 3.05) is 11.9 Å². The van der Waals surface area contributed by atoms with Crippen LogP contribution in [-0.4, -0.2) is 32.8 Å². The molecule has 0 spiro atoms. The minimum Gasteiger partial charge on any atom is -0.395 e. The summed E-state index contributed by atoms with van der Waals surface area (Å²) in [6.45, 7) is 1.86. The molecule has 106 valence electrons. The number of aryl methyl sites for hydroxylation is 1. The summed E-state index contributed by atoms with van der Waals surface area (Å²) in [6.07, 6.45) is 3.28. The van der Waals surface area contributed by atoms with E-state index in [9.17, 15) is 4.79 Å². The van der Waals surface area contributed by atoms with Gasteiger partial charge in [0.1, 0.15) is 0 Å². The average molecular weight is 282 g/mol. The first-order valence-corrected chi connectivity index (χ1v) is 6.36. The monoisotopic (exact) mass is 282 g/mol. The zero-order valence-corrected chi connectivity index (χ0v) is 11.5. The van der Waals surface area contributed by atoms with E-state index in [2.05, 4.69) is 32.3 Å². The number of benzene rings is 1. The molecule has 2 rings (SSSR count). The van der Waals surface area contributed by atoms with Crippen LogP contribution in [0, 0.1) is 18.8 Å². The first kappa shape index (κ1) is 14.6. The molecular weight excluding hydrogens is 268 g/mol. The molecule has 6 nitrogen and oxygen atoms in total. The molecule has 0 saturated carbocycles. The number of aliphatic hydroxyl groups excluding tert-OH is 1. The van der Waals surface area contributed by atoms with Gasteiger partial charge in [-0.2, -0.15) is 5.10 Å². The molecule has 0 aliphatic rings. The SMILES string of the molecule is Cc1ccc(C#CCCO)cc1C(=O)Nc1nccnn1. The molecule has 0 atom stereocenters. The van der Waals surface area contributed by atoms with Crippen LogP contribution in [0.2, 0.25) is 0 Å². The predicted molar refractivity (Wildman–Crippen MR) is 77.5 cm³/mol. The van der Waals surface area contributed by atoms with Crippen LogP contribution in [0.3, 0.4) is 0 Å². The summed E-state index contributed by atoms with van der Waals surface area (Å²) in [6, 6.07) is 5.35. The fourth-order valence-electron chi connectivity index (χ4n) is 1.64. The maximum absolute atomic E-state index is 12.2. The highest BCUT2D eigenvalue weighted by atomic mass is 16.2. The minimum atomic E-state index is -0.314. The van der Waals surface area contributed by atoms with Gasteiger partial charge in [0.15, 0.2) is 0 Å². The van der Waals surface area contributed by atoms with Gasteiger partial charge in [0.05, 0.1) is 19.0 Å². The van der Waals surface area contributed by atoms with Crippen molar-refractivity contribution in [1.82, 2.24) is 15.2 Å². The highest BCUT2D eigenvalue weighted by Crippen LogP contribution is 2.12. The van der Waals surface area contributed by atoms with E-state index >= 15 is 0 Å². The topological polar surface area (TPSA) is 88.0 Å². The van der Waals surface area contributed by atoms with E-state index in [0.717, 1.165) is 5.56 Å². The Bertz CT molecular complexity index is 690. The lowest BCUT2D eigenvalue weighted by molar-refractivity contribution is 0.102. The molecule has 2 N–H and O–H groups in total. The van der Waals surface area contributed by atoms with Crippen molar-refractivity contribution < 1.29 is 9.90 Å². The standard InChI is InChI=1S/C15H14N4O2/c1-11-5-6-12(4-2-3-9-20)10-13(11)14(21)18-15-16-7-8-17-19-15/h5-8,10,20H,3,9H2,1H3,(H,16,18,19,21). The van der Waals surface area contributed by atoms with Gasteiger partial charge in [-0.05, 0) is 24.6 Å². The lowest BCUT2D eigenvalue weighted by atomic mass is 10.0. The van der Waals surface area contributed by atoms with E-state index in [1.165, 1.54) is 12.4 Å². The summed E-state index contributed by atoms with van der Waals surface area (Å²) in [5, 5.41) is 18.6. The molecule has 1 aromatic carbocycles. The first-order chi connectivity index (χ1) is 10.2. The van der Waals surface area contributed by atoms with E-state index in [4.69, 9.17) is 5.11 Å². The molecule has 0 saturated heterocycles. The highest BCUT2D eigenvalue weighted by molar-refractivity contribution is 6.04. The van der Waals surface area contributed by atoms with Crippen LogP contribution in [0.25, 0.3) is 0 Å². The Kier molecular flexibility index (Phi) is 4.96. The second-order valence-corrected chi connectivity index (χ2v) is 4.23. The van der Waals surface area contributed by atoms with Gasteiger partial charge in [-0.1, -0.05) is 17.9 Å². The van der Waals surface area contributed by atoms with Crippen molar-refractivity contribution in [1.29, 1.82) is 0 Å². The third-order valence-electron chi connectivity index (χ3n) is 2.66. The van der Waals surface area contributed by atoms with Crippen molar-refractivity contribution >= 4 is 11.9 Å². The Labute approximate surface area is 122 Å². The Balaban J connectivity index is 2.20. The van der Waals surface area contributed by atoms with Gasteiger partial charge in [0, 0.05) is 17.5 Å². The van der Waals surface area contributed by atoms with Crippen LogP contribution in [0.15, 0.2) is 30.6 Å². The molecule has 1 heterocycles. The van der Waals surface area contributed by atoms with Crippen LogP contribution in [-0.2, 0) is 0 Å². The van der Waals surface area contributed by atoms with E-state index in [-0.39, 0.29) is 18.5 Å². The smallest absolute Gasteiger partial charge is 0.258 e. The number of nitrogens with zero attached hydrogens (tertiary/aromatic N) is 3. The second kappa shape index (κ2) is 7.12.